The van der Waals surface area contributed by atoms with Gasteiger partial charge in [-0.15, -0.1) is 11.3 Å². The van der Waals surface area contributed by atoms with Gasteiger partial charge in [0.2, 0.25) is 0 Å². The normalized spacial score (nSPS) is 15.2. The molecule has 0 bridgehead atoms. The van der Waals surface area contributed by atoms with Crippen LogP contribution in [0.15, 0.2) is 12.1 Å². The highest BCUT2D eigenvalue weighted by Crippen LogP contribution is 2.31. The summed E-state index contributed by atoms with van der Waals surface area (Å²) in [6, 6.07) is 3.93. The highest BCUT2D eigenvalue weighted by Gasteiger charge is 2.19. The number of hydrogen-bond acceptors (Lipinski definition) is 3. The second-order valence-electron chi connectivity index (χ2n) is 4.35. The highest BCUT2D eigenvalue weighted by molar-refractivity contribution is 7.12. The van der Waals surface area contributed by atoms with Crippen LogP contribution in [0.3, 0.4) is 0 Å². The molecule has 0 spiro atoms. The van der Waals surface area contributed by atoms with E-state index in [2.05, 4.69) is 5.32 Å². The molecule has 0 atom stereocenters. The maximum absolute atomic E-state index is 10.5. The van der Waals surface area contributed by atoms with E-state index in [1.54, 1.807) is 11.3 Å². The first-order chi connectivity index (χ1) is 7.74. The van der Waals surface area contributed by atoms with Crippen molar-refractivity contribution in [1.82, 2.24) is 5.32 Å². The molecule has 2 N–H and O–H groups in total. The predicted octanol–water partition coefficient (Wildman–Crippen LogP) is 2.26. The Morgan fingerprint density at radius 1 is 1.44 bits per heavy atom. The van der Waals surface area contributed by atoms with E-state index in [9.17, 15) is 4.79 Å². The lowest BCUT2D eigenvalue weighted by Crippen LogP contribution is -2.14. The number of aliphatic carboxylic acids is 1. The van der Waals surface area contributed by atoms with Crippen LogP contribution < -0.4 is 5.32 Å². The van der Waals surface area contributed by atoms with Crippen LogP contribution in [0.5, 0.6) is 0 Å². The standard InChI is InChI=1S/C12H17NO2S/c14-12(15)7-10-3-4-11(16-10)8-13-6-5-9-1-2-9/h3-4,9,13H,1-2,5-8H2,(H,14,15). The Bertz CT molecular complexity index is 358. The number of carboxylic acids is 1. The van der Waals surface area contributed by atoms with Crippen LogP contribution in [-0.2, 0) is 17.8 Å². The number of carbonyl (C=O) groups is 1. The number of hydrogen-bond donors (Lipinski definition) is 2. The summed E-state index contributed by atoms with van der Waals surface area (Å²) in [6.45, 7) is 1.95. The minimum atomic E-state index is -0.755. The van der Waals surface area contributed by atoms with Crippen molar-refractivity contribution in [3.05, 3.63) is 21.9 Å². The van der Waals surface area contributed by atoms with Crippen molar-refractivity contribution in [3.8, 4) is 0 Å². The van der Waals surface area contributed by atoms with Crippen molar-refractivity contribution in [2.75, 3.05) is 6.54 Å². The zero-order valence-corrected chi connectivity index (χ0v) is 10.1. The van der Waals surface area contributed by atoms with Gasteiger partial charge in [0.05, 0.1) is 6.42 Å². The molecule has 88 valence electrons. The van der Waals surface area contributed by atoms with Crippen molar-refractivity contribution < 1.29 is 9.90 Å². The highest BCUT2D eigenvalue weighted by atomic mass is 32.1. The third kappa shape index (κ3) is 3.94. The Labute approximate surface area is 99.5 Å². The smallest absolute Gasteiger partial charge is 0.308 e. The average molecular weight is 239 g/mol. The molecular formula is C12H17NO2S. The molecule has 1 saturated carbocycles. The van der Waals surface area contributed by atoms with Crippen molar-refractivity contribution in [2.24, 2.45) is 5.92 Å². The largest absolute Gasteiger partial charge is 0.481 e. The van der Waals surface area contributed by atoms with Crippen LogP contribution in [0.25, 0.3) is 0 Å². The van der Waals surface area contributed by atoms with Crippen molar-refractivity contribution in [3.63, 3.8) is 0 Å². The van der Waals surface area contributed by atoms with E-state index in [0.717, 1.165) is 23.9 Å². The first-order valence-corrected chi connectivity index (χ1v) is 6.56. The molecule has 16 heavy (non-hydrogen) atoms. The molecule has 0 amide bonds. The molecule has 0 aliphatic heterocycles. The van der Waals surface area contributed by atoms with E-state index in [4.69, 9.17) is 5.11 Å². The molecule has 0 radical (unpaired) electrons. The molecule has 1 fully saturated rings. The van der Waals surface area contributed by atoms with E-state index in [1.165, 1.54) is 24.1 Å². The first kappa shape index (κ1) is 11.6. The molecule has 1 aliphatic rings. The molecule has 0 aromatic carbocycles. The van der Waals surface area contributed by atoms with Gasteiger partial charge < -0.3 is 10.4 Å². The summed E-state index contributed by atoms with van der Waals surface area (Å²) in [5, 5.41) is 12.1. The van der Waals surface area contributed by atoms with Crippen LogP contribution in [0.2, 0.25) is 0 Å². The summed E-state index contributed by atoms with van der Waals surface area (Å²) in [6.07, 6.45) is 4.24. The van der Waals surface area contributed by atoms with Crippen molar-refractivity contribution in [2.45, 2.75) is 32.2 Å². The van der Waals surface area contributed by atoms with Gasteiger partial charge in [-0.3, -0.25) is 4.79 Å². The molecule has 0 unspecified atom stereocenters. The van der Waals surface area contributed by atoms with Gasteiger partial charge >= 0.3 is 5.97 Å². The van der Waals surface area contributed by atoms with E-state index in [1.807, 2.05) is 12.1 Å². The zero-order chi connectivity index (χ0) is 11.4. The maximum Gasteiger partial charge on any atom is 0.308 e. The maximum atomic E-state index is 10.5. The van der Waals surface area contributed by atoms with Crippen molar-refractivity contribution in [1.29, 1.82) is 0 Å². The fourth-order valence-corrected chi connectivity index (χ4v) is 2.66. The number of rotatable bonds is 7. The molecule has 0 saturated heterocycles. The van der Waals surface area contributed by atoms with Gasteiger partial charge in [-0.2, -0.15) is 0 Å². The van der Waals surface area contributed by atoms with E-state index in [-0.39, 0.29) is 6.42 Å². The minimum Gasteiger partial charge on any atom is -0.481 e. The van der Waals surface area contributed by atoms with E-state index >= 15 is 0 Å². The lowest BCUT2D eigenvalue weighted by molar-refractivity contribution is -0.136. The van der Waals surface area contributed by atoms with Gasteiger partial charge in [0.25, 0.3) is 0 Å². The van der Waals surface area contributed by atoms with Gasteiger partial charge in [0.1, 0.15) is 0 Å². The fraction of sp³-hybridized carbons (Fsp3) is 0.583. The Morgan fingerprint density at radius 3 is 2.88 bits per heavy atom. The van der Waals surface area contributed by atoms with Gasteiger partial charge in [0, 0.05) is 16.3 Å². The van der Waals surface area contributed by atoms with Crippen LogP contribution in [0.1, 0.15) is 29.0 Å². The molecular weight excluding hydrogens is 222 g/mol. The third-order valence-corrected chi connectivity index (χ3v) is 3.85. The number of nitrogens with one attached hydrogen (secondary N) is 1. The van der Waals surface area contributed by atoms with Crippen LogP contribution in [0.4, 0.5) is 0 Å². The predicted molar refractivity (Wildman–Crippen MR) is 64.7 cm³/mol. The van der Waals surface area contributed by atoms with E-state index in [0.29, 0.717) is 0 Å². The van der Waals surface area contributed by atoms with Gasteiger partial charge in [0.15, 0.2) is 0 Å². The SMILES string of the molecule is O=C(O)Cc1ccc(CNCCC2CC2)s1. The molecule has 4 heteroatoms. The fourth-order valence-electron chi connectivity index (χ4n) is 1.69. The van der Waals surface area contributed by atoms with Gasteiger partial charge in [-0.1, -0.05) is 12.8 Å². The molecule has 1 aliphatic carbocycles. The van der Waals surface area contributed by atoms with Crippen molar-refractivity contribution >= 4 is 17.3 Å². The Kier molecular flexibility index (Phi) is 3.96. The van der Waals surface area contributed by atoms with Gasteiger partial charge in [-0.05, 0) is 31.0 Å². The first-order valence-electron chi connectivity index (χ1n) is 5.74. The van der Waals surface area contributed by atoms with Crippen LogP contribution in [-0.4, -0.2) is 17.6 Å². The quantitative estimate of drug-likeness (QED) is 0.718. The zero-order valence-electron chi connectivity index (χ0n) is 9.24. The summed E-state index contributed by atoms with van der Waals surface area (Å²) in [4.78, 5) is 12.7. The summed E-state index contributed by atoms with van der Waals surface area (Å²) in [5.41, 5.74) is 0. The molecule has 1 aromatic rings. The van der Waals surface area contributed by atoms with Gasteiger partial charge in [-0.25, -0.2) is 0 Å². The Balaban J connectivity index is 1.67. The second-order valence-corrected chi connectivity index (χ2v) is 5.60. The Morgan fingerprint density at radius 2 is 2.19 bits per heavy atom. The van der Waals surface area contributed by atoms with Crippen LogP contribution in [0, 0.1) is 5.92 Å². The third-order valence-electron chi connectivity index (χ3n) is 2.77. The molecule has 1 heterocycles. The molecule has 2 rings (SSSR count). The Hall–Kier alpha value is -0.870. The topological polar surface area (TPSA) is 49.3 Å². The second kappa shape index (κ2) is 5.46. The van der Waals surface area contributed by atoms with Crippen LogP contribution >= 0.6 is 11.3 Å². The summed E-state index contributed by atoms with van der Waals surface area (Å²) in [7, 11) is 0. The lowest BCUT2D eigenvalue weighted by atomic mass is 10.3. The summed E-state index contributed by atoms with van der Waals surface area (Å²) in [5.74, 6) is 0.216. The lowest BCUT2D eigenvalue weighted by Gasteiger charge is -2.01. The average Bonchev–Trinajstić information content (AvgIpc) is 2.95. The summed E-state index contributed by atoms with van der Waals surface area (Å²) < 4.78 is 0. The number of thiophene rings is 1. The minimum absolute atomic E-state index is 0.146. The summed E-state index contributed by atoms with van der Waals surface area (Å²) >= 11 is 1.59. The molecule has 3 nitrogen and oxygen atoms in total. The molecule has 1 aromatic heterocycles. The number of carboxylic acid groups (broad SMARTS) is 1. The van der Waals surface area contributed by atoms with E-state index < -0.39 is 5.97 Å². The monoisotopic (exact) mass is 239 g/mol.